The summed E-state index contributed by atoms with van der Waals surface area (Å²) < 4.78 is 1.35. The number of hydrogen-bond donors (Lipinski definition) is 2. The number of thiophene rings is 1. The summed E-state index contributed by atoms with van der Waals surface area (Å²) >= 11 is 7.59. The molecule has 0 radical (unpaired) electrons. The van der Waals surface area contributed by atoms with Crippen LogP contribution in [0.25, 0.3) is 10.6 Å². The summed E-state index contributed by atoms with van der Waals surface area (Å²) in [5.41, 5.74) is 2.07. The number of carbonyl (C=O) groups is 1. The molecule has 3 rings (SSSR count). The highest BCUT2D eigenvalue weighted by Crippen LogP contribution is 2.21. The predicted molar refractivity (Wildman–Crippen MR) is 105 cm³/mol. The van der Waals surface area contributed by atoms with E-state index >= 15 is 0 Å². The second kappa shape index (κ2) is 8.16. The Morgan fingerprint density at radius 3 is 2.85 bits per heavy atom. The van der Waals surface area contributed by atoms with Crippen LogP contribution < -0.4 is 16.2 Å². The SMILES string of the molecule is Cc1ccc(NC(=O)NCCn2nc(-c3cccs3)ccc2=O)cc1Cl. The molecule has 0 spiro atoms. The van der Waals surface area contributed by atoms with Crippen LogP contribution in [0.15, 0.2) is 52.6 Å². The van der Waals surface area contributed by atoms with Gasteiger partial charge >= 0.3 is 6.03 Å². The van der Waals surface area contributed by atoms with E-state index in [-0.39, 0.29) is 24.7 Å². The molecule has 0 fully saturated rings. The second-order valence-corrected chi connectivity index (χ2v) is 6.96. The zero-order chi connectivity index (χ0) is 18.5. The number of anilines is 1. The van der Waals surface area contributed by atoms with E-state index in [0.29, 0.717) is 10.7 Å². The Kier molecular flexibility index (Phi) is 5.70. The molecular weight excluding hydrogens is 372 g/mol. The third-order valence-corrected chi connectivity index (χ3v) is 4.98. The molecule has 0 saturated carbocycles. The van der Waals surface area contributed by atoms with Crippen LogP contribution in [-0.4, -0.2) is 22.4 Å². The highest BCUT2D eigenvalue weighted by molar-refractivity contribution is 7.13. The molecule has 0 saturated heterocycles. The summed E-state index contributed by atoms with van der Waals surface area (Å²) in [6.07, 6.45) is 0. The Balaban J connectivity index is 1.57. The van der Waals surface area contributed by atoms with Gasteiger partial charge < -0.3 is 10.6 Å². The van der Waals surface area contributed by atoms with Crippen LogP contribution in [0, 0.1) is 6.92 Å². The Morgan fingerprint density at radius 1 is 1.27 bits per heavy atom. The van der Waals surface area contributed by atoms with Gasteiger partial charge in [0.1, 0.15) is 5.69 Å². The molecule has 0 bridgehead atoms. The number of urea groups is 1. The third-order valence-electron chi connectivity index (χ3n) is 3.68. The van der Waals surface area contributed by atoms with Crippen molar-refractivity contribution in [3.05, 3.63) is 68.8 Å². The molecular formula is C18H17ClN4O2S. The molecule has 0 aliphatic carbocycles. The number of rotatable bonds is 5. The molecule has 0 aliphatic heterocycles. The summed E-state index contributed by atoms with van der Waals surface area (Å²) in [6, 6.07) is 12.0. The quantitative estimate of drug-likeness (QED) is 0.698. The average molecular weight is 389 g/mol. The molecule has 2 amide bonds. The van der Waals surface area contributed by atoms with E-state index in [0.717, 1.165) is 16.1 Å². The maximum atomic E-state index is 12.0. The van der Waals surface area contributed by atoms with Crippen LogP contribution in [0.5, 0.6) is 0 Å². The van der Waals surface area contributed by atoms with Gasteiger partial charge in [0.15, 0.2) is 0 Å². The maximum Gasteiger partial charge on any atom is 0.319 e. The standard InChI is InChI=1S/C18H17ClN4O2S/c1-12-4-5-13(11-14(12)19)21-18(25)20-8-9-23-17(24)7-6-15(22-23)16-3-2-10-26-16/h2-7,10-11H,8-9H2,1H3,(H2,20,21,25). The zero-order valence-electron chi connectivity index (χ0n) is 14.0. The van der Waals surface area contributed by atoms with Crippen LogP contribution >= 0.6 is 22.9 Å². The molecule has 6 nitrogen and oxygen atoms in total. The lowest BCUT2D eigenvalue weighted by Crippen LogP contribution is -2.34. The van der Waals surface area contributed by atoms with Crippen molar-refractivity contribution in [3.8, 4) is 10.6 Å². The van der Waals surface area contributed by atoms with Crippen molar-refractivity contribution in [2.45, 2.75) is 13.5 Å². The molecule has 26 heavy (non-hydrogen) atoms. The molecule has 0 unspecified atom stereocenters. The number of benzene rings is 1. The van der Waals surface area contributed by atoms with Crippen molar-refractivity contribution in [1.29, 1.82) is 0 Å². The highest BCUT2D eigenvalue weighted by Gasteiger charge is 2.06. The van der Waals surface area contributed by atoms with Gasteiger partial charge in [-0.15, -0.1) is 11.3 Å². The molecule has 2 heterocycles. The van der Waals surface area contributed by atoms with Gasteiger partial charge in [-0.1, -0.05) is 23.7 Å². The fourth-order valence-corrected chi connectivity index (χ4v) is 3.16. The normalized spacial score (nSPS) is 10.5. The lowest BCUT2D eigenvalue weighted by atomic mass is 10.2. The summed E-state index contributed by atoms with van der Waals surface area (Å²) in [4.78, 5) is 24.9. The molecule has 0 aliphatic rings. The summed E-state index contributed by atoms with van der Waals surface area (Å²) in [7, 11) is 0. The Morgan fingerprint density at radius 2 is 2.12 bits per heavy atom. The average Bonchev–Trinajstić information content (AvgIpc) is 3.14. The van der Waals surface area contributed by atoms with Crippen molar-refractivity contribution in [2.75, 3.05) is 11.9 Å². The van der Waals surface area contributed by atoms with Gasteiger partial charge in [-0.3, -0.25) is 4.79 Å². The van der Waals surface area contributed by atoms with E-state index < -0.39 is 0 Å². The third kappa shape index (κ3) is 4.50. The van der Waals surface area contributed by atoms with E-state index in [1.807, 2.05) is 30.5 Å². The number of aromatic nitrogens is 2. The van der Waals surface area contributed by atoms with Gasteiger partial charge in [0.05, 0.1) is 11.4 Å². The predicted octanol–water partition coefficient (Wildman–Crippen LogP) is 3.76. The van der Waals surface area contributed by atoms with E-state index in [4.69, 9.17) is 11.6 Å². The largest absolute Gasteiger partial charge is 0.336 e. The van der Waals surface area contributed by atoms with Crippen LogP contribution in [0.1, 0.15) is 5.56 Å². The second-order valence-electron chi connectivity index (χ2n) is 5.60. The number of nitrogens with zero attached hydrogens (tertiary/aromatic N) is 2. The monoisotopic (exact) mass is 388 g/mol. The van der Waals surface area contributed by atoms with Gasteiger partial charge in [-0.2, -0.15) is 5.10 Å². The fourth-order valence-electron chi connectivity index (χ4n) is 2.29. The molecule has 2 N–H and O–H groups in total. The molecule has 3 aromatic rings. The van der Waals surface area contributed by atoms with Crippen molar-refractivity contribution in [1.82, 2.24) is 15.1 Å². The lowest BCUT2D eigenvalue weighted by molar-refractivity contribution is 0.251. The number of hydrogen-bond acceptors (Lipinski definition) is 4. The van der Waals surface area contributed by atoms with Crippen molar-refractivity contribution in [2.24, 2.45) is 0 Å². The number of carbonyl (C=O) groups excluding carboxylic acids is 1. The summed E-state index contributed by atoms with van der Waals surface area (Å²) in [5, 5.41) is 12.3. The molecule has 1 aromatic carbocycles. The number of halogens is 1. The van der Waals surface area contributed by atoms with E-state index in [1.165, 1.54) is 10.7 Å². The van der Waals surface area contributed by atoms with Crippen LogP contribution in [0.3, 0.4) is 0 Å². The lowest BCUT2D eigenvalue weighted by Gasteiger charge is -2.10. The topological polar surface area (TPSA) is 76.0 Å². The number of amides is 2. The first-order valence-electron chi connectivity index (χ1n) is 7.96. The van der Waals surface area contributed by atoms with Gasteiger partial charge in [0.25, 0.3) is 5.56 Å². The minimum Gasteiger partial charge on any atom is -0.336 e. The first-order valence-corrected chi connectivity index (χ1v) is 9.22. The van der Waals surface area contributed by atoms with Gasteiger partial charge in [-0.05, 0) is 42.1 Å². The number of nitrogens with one attached hydrogen (secondary N) is 2. The Hall–Kier alpha value is -2.64. The van der Waals surface area contributed by atoms with Crippen LogP contribution in [0.4, 0.5) is 10.5 Å². The fraction of sp³-hybridized carbons (Fsp3) is 0.167. The molecule has 8 heteroatoms. The van der Waals surface area contributed by atoms with Crippen molar-refractivity contribution in [3.63, 3.8) is 0 Å². The molecule has 134 valence electrons. The summed E-state index contributed by atoms with van der Waals surface area (Å²) in [6.45, 7) is 2.44. The van der Waals surface area contributed by atoms with Gasteiger partial charge in [0.2, 0.25) is 0 Å². The van der Waals surface area contributed by atoms with Crippen LogP contribution in [0.2, 0.25) is 5.02 Å². The molecule has 2 aromatic heterocycles. The van der Waals surface area contributed by atoms with Crippen molar-refractivity contribution >= 4 is 34.7 Å². The van der Waals surface area contributed by atoms with Gasteiger partial charge in [-0.25, -0.2) is 9.48 Å². The first kappa shape index (κ1) is 18.2. The zero-order valence-corrected chi connectivity index (χ0v) is 15.6. The van der Waals surface area contributed by atoms with Gasteiger partial charge in [0, 0.05) is 23.3 Å². The number of aryl methyl sites for hydroxylation is 1. The van der Waals surface area contributed by atoms with E-state index in [2.05, 4.69) is 15.7 Å². The van der Waals surface area contributed by atoms with E-state index in [9.17, 15) is 9.59 Å². The Labute approximate surface area is 159 Å². The summed E-state index contributed by atoms with van der Waals surface area (Å²) in [5.74, 6) is 0. The maximum absolute atomic E-state index is 12.0. The first-order chi connectivity index (χ1) is 12.5. The minimum absolute atomic E-state index is 0.210. The Bertz CT molecular complexity index is 970. The minimum atomic E-state index is -0.368. The van der Waals surface area contributed by atoms with E-state index in [1.54, 1.807) is 29.5 Å². The van der Waals surface area contributed by atoms with Crippen LogP contribution in [-0.2, 0) is 6.54 Å². The van der Waals surface area contributed by atoms with Crippen molar-refractivity contribution < 1.29 is 4.79 Å². The highest BCUT2D eigenvalue weighted by atomic mass is 35.5. The smallest absolute Gasteiger partial charge is 0.319 e. The molecule has 0 atom stereocenters.